The quantitative estimate of drug-likeness (QED) is 0.717. The molecule has 2 atom stereocenters. The molecule has 15 heavy (non-hydrogen) atoms. The lowest BCUT2D eigenvalue weighted by Gasteiger charge is -2.26. The third-order valence-corrected chi connectivity index (χ3v) is 2.71. The summed E-state index contributed by atoms with van der Waals surface area (Å²) >= 11 is 0. The number of hydrogen-bond donors (Lipinski definition) is 2. The summed E-state index contributed by atoms with van der Waals surface area (Å²) in [5, 5.41) is 6.92. The molecule has 2 heteroatoms. The van der Waals surface area contributed by atoms with E-state index in [-0.39, 0.29) is 0 Å². The van der Waals surface area contributed by atoms with Gasteiger partial charge in [-0.2, -0.15) is 0 Å². The molecule has 0 aromatic carbocycles. The zero-order chi connectivity index (χ0) is 10.7. The molecule has 2 nitrogen and oxygen atoms in total. The molecule has 80 valence electrons. The molecular weight excluding hydrogens is 184 g/mol. The van der Waals surface area contributed by atoms with Gasteiger partial charge in [0.25, 0.3) is 0 Å². The summed E-state index contributed by atoms with van der Waals surface area (Å²) in [6.45, 7) is 4.21. The molecule has 2 aliphatic rings. The lowest BCUT2D eigenvalue weighted by atomic mass is 10.0. The van der Waals surface area contributed by atoms with Crippen LogP contribution in [0.3, 0.4) is 0 Å². The smallest absolute Gasteiger partial charge is 0.0467 e. The van der Waals surface area contributed by atoms with Gasteiger partial charge in [0.2, 0.25) is 0 Å². The van der Waals surface area contributed by atoms with Crippen molar-refractivity contribution in [2.45, 2.75) is 32.4 Å². The fraction of sp³-hybridized carbons (Fsp3) is 0.385. The van der Waals surface area contributed by atoms with Gasteiger partial charge in [0.15, 0.2) is 0 Å². The van der Waals surface area contributed by atoms with E-state index >= 15 is 0 Å². The molecule has 2 heterocycles. The van der Waals surface area contributed by atoms with E-state index < -0.39 is 0 Å². The van der Waals surface area contributed by atoms with Gasteiger partial charge in [0.1, 0.15) is 0 Å². The van der Waals surface area contributed by atoms with Gasteiger partial charge in [-0.25, -0.2) is 0 Å². The van der Waals surface area contributed by atoms with Crippen molar-refractivity contribution in [2.75, 3.05) is 0 Å². The molecule has 0 saturated heterocycles. The molecule has 0 bridgehead atoms. The van der Waals surface area contributed by atoms with Crippen LogP contribution in [0.25, 0.3) is 0 Å². The highest BCUT2D eigenvalue weighted by Gasteiger charge is 2.14. The summed E-state index contributed by atoms with van der Waals surface area (Å²) in [5.41, 5.74) is 2.49. The Morgan fingerprint density at radius 3 is 1.80 bits per heavy atom. The second-order valence-electron chi connectivity index (χ2n) is 4.21. The summed E-state index contributed by atoms with van der Waals surface area (Å²) in [7, 11) is 0. The lowest BCUT2D eigenvalue weighted by Crippen LogP contribution is -2.37. The SMILES string of the molecule is CC1=CC=CC(CC2C=CC=C(C)N2)N1. The lowest BCUT2D eigenvalue weighted by molar-refractivity contribution is 0.525. The van der Waals surface area contributed by atoms with Crippen molar-refractivity contribution in [1.29, 1.82) is 0 Å². The van der Waals surface area contributed by atoms with E-state index in [2.05, 4.69) is 60.9 Å². The third kappa shape index (κ3) is 2.75. The highest BCUT2D eigenvalue weighted by Crippen LogP contribution is 2.11. The maximum Gasteiger partial charge on any atom is 0.0467 e. The van der Waals surface area contributed by atoms with E-state index in [1.165, 1.54) is 11.4 Å². The number of rotatable bonds is 2. The minimum Gasteiger partial charge on any atom is -0.382 e. The van der Waals surface area contributed by atoms with E-state index in [1.807, 2.05) is 0 Å². The zero-order valence-electron chi connectivity index (χ0n) is 9.33. The Labute approximate surface area is 91.4 Å². The fourth-order valence-corrected chi connectivity index (χ4v) is 1.99. The van der Waals surface area contributed by atoms with Crippen molar-refractivity contribution < 1.29 is 0 Å². The first kappa shape index (κ1) is 10.1. The van der Waals surface area contributed by atoms with Crippen LogP contribution in [-0.4, -0.2) is 12.1 Å². The first-order chi connectivity index (χ1) is 7.24. The molecule has 0 amide bonds. The summed E-state index contributed by atoms with van der Waals surface area (Å²) in [5.74, 6) is 0. The van der Waals surface area contributed by atoms with Crippen LogP contribution in [-0.2, 0) is 0 Å². The van der Waals surface area contributed by atoms with Gasteiger partial charge in [0.05, 0.1) is 0 Å². The first-order valence-electron chi connectivity index (χ1n) is 5.47. The summed E-state index contributed by atoms with van der Waals surface area (Å²) in [6, 6.07) is 0.895. The second-order valence-corrected chi connectivity index (χ2v) is 4.21. The maximum atomic E-state index is 3.46. The normalized spacial score (nSPS) is 28.9. The van der Waals surface area contributed by atoms with Crippen LogP contribution in [0.2, 0.25) is 0 Å². The molecule has 2 rings (SSSR count). The summed E-state index contributed by atoms with van der Waals surface area (Å²) in [6.07, 6.45) is 14.0. The van der Waals surface area contributed by atoms with Crippen molar-refractivity contribution >= 4 is 0 Å². The summed E-state index contributed by atoms with van der Waals surface area (Å²) < 4.78 is 0. The van der Waals surface area contributed by atoms with E-state index in [4.69, 9.17) is 0 Å². The molecule has 0 spiro atoms. The zero-order valence-corrected chi connectivity index (χ0v) is 9.33. The first-order valence-corrected chi connectivity index (χ1v) is 5.47. The number of nitrogens with one attached hydrogen (secondary N) is 2. The predicted molar refractivity (Wildman–Crippen MR) is 64.3 cm³/mol. The monoisotopic (exact) mass is 202 g/mol. The molecule has 0 fully saturated rings. The Balaban J connectivity index is 1.89. The topological polar surface area (TPSA) is 24.1 Å². The van der Waals surface area contributed by atoms with E-state index in [1.54, 1.807) is 0 Å². The average Bonchev–Trinajstić information content (AvgIpc) is 2.17. The number of hydrogen-bond acceptors (Lipinski definition) is 2. The van der Waals surface area contributed by atoms with Gasteiger partial charge < -0.3 is 10.6 Å². The molecule has 0 saturated carbocycles. The predicted octanol–water partition coefficient (Wildman–Crippen LogP) is 2.24. The van der Waals surface area contributed by atoms with Crippen LogP contribution >= 0.6 is 0 Å². The molecule has 2 unspecified atom stereocenters. The molecular formula is C13H18N2. The van der Waals surface area contributed by atoms with Gasteiger partial charge in [-0.05, 0) is 32.4 Å². The van der Waals surface area contributed by atoms with Crippen LogP contribution in [0.15, 0.2) is 47.9 Å². The second kappa shape index (κ2) is 4.39. The van der Waals surface area contributed by atoms with Gasteiger partial charge in [-0.15, -0.1) is 0 Å². The van der Waals surface area contributed by atoms with Crippen molar-refractivity contribution in [3.05, 3.63) is 47.9 Å². The maximum absolute atomic E-state index is 3.46. The average molecular weight is 202 g/mol. The van der Waals surface area contributed by atoms with E-state index in [0.29, 0.717) is 12.1 Å². The third-order valence-electron chi connectivity index (χ3n) is 2.71. The van der Waals surface area contributed by atoms with Crippen LogP contribution in [0.5, 0.6) is 0 Å². The molecule has 2 aliphatic heterocycles. The van der Waals surface area contributed by atoms with Crippen LogP contribution < -0.4 is 10.6 Å². The van der Waals surface area contributed by atoms with Crippen LogP contribution in [0.4, 0.5) is 0 Å². The van der Waals surface area contributed by atoms with Crippen molar-refractivity contribution in [3.8, 4) is 0 Å². The highest BCUT2D eigenvalue weighted by molar-refractivity contribution is 5.22. The van der Waals surface area contributed by atoms with E-state index in [0.717, 1.165) is 6.42 Å². The summed E-state index contributed by atoms with van der Waals surface area (Å²) in [4.78, 5) is 0. The largest absolute Gasteiger partial charge is 0.382 e. The minimum atomic E-state index is 0.447. The van der Waals surface area contributed by atoms with Gasteiger partial charge in [0, 0.05) is 23.5 Å². The standard InChI is InChI=1S/C13H18N2/c1-10-5-3-7-12(14-10)9-13-8-4-6-11(2)15-13/h3-8,12-15H,9H2,1-2H3. The van der Waals surface area contributed by atoms with Gasteiger partial charge in [-0.1, -0.05) is 24.3 Å². The Hall–Kier alpha value is -1.44. The fourth-order valence-electron chi connectivity index (χ4n) is 1.99. The minimum absolute atomic E-state index is 0.447. The van der Waals surface area contributed by atoms with Crippen molar-refractivity contribution in [1.82, 2.24) is 10.6 Å². The molecule has 0 aromatic rings. The molecule has 0 aliphatic carbocycles. The van der Waals surface area contributed by atoms with Crippen molar-refractivity contribution in [3.63, 3.8) is 0 Å². The van der Waals surface area contributed by atoms with E-state index in [9.17, 15) is 0 Å². The van der Waals surface area contributed by atoms with Crippen LogP contribution in [0.1, 0.15) is 20.3 Å². The van der Waals surface area contributed by atoms with Crippen LogP contribution in [0, 0.1) is 0 Å². The Morgan fingerprint density at radius 1 is 0.933 bits per heavy atom. The Kier molecular flexibility index (Phi) is 2.95. The highest BCUT2D eigenvalue weighted by atomic mass is 15.0. The van der Waals surface area contributed by atoms with Gasteiger partial charge >= 0.3 is 0 Å². The molecule has 0 radical (unpaired) electrons. The van der Waals surface area contributed by atoms with Crippen molar-refractivity contribution in [2.24, 2.45) is 0 Å². The molecule has 2 N–H and O–H groups in total. The Morgan fingerprint density at radius 2 is 1.40 bits per heavy atom. The Bertz CT molecular complexity index is 314. The number of allylic oxidation sites excluding steroid dienone is 6. The number of dihydropyridines is 2. The van der Waals surface area contributed by atoms with Gasteiger partial charge in [-0.3, -0.25) is 0 Å². The molecule has 0 aromatic heterocycles.